The van der Waals surface area contributed by atoms with Crippen molar-refractivity contribution in [1.82, 2.24) is 10.2 Å². The van der Waals surface area contributed by atoms with E-state index in [0.717, 1.165) is 44.1 Å². The van der Waals surface area contributed by atoms with Crippen LogP contribution in [0.3, 0.4) is 0 Å². The smallest absolute Gasteiger partial charge is 0.245 e. The van der Waals surface area contributed by atoms with E-state index in [4.69, 9.17) is 14.2 Å². The highest BCUT2D eigenvalue weighted by molar-refractivity contribution is 5.77. The van der Waals surface area contributed by atoms with Crippen molar-refractivity contribution in [3.63, 3.8) is 0 Å². The highest BCUT2D eigenvalue weighted by atomic mass is 16.6. The zero-order valence-corrected chi connectivity index (χ0v) is 13.5. The van der Waals surface area contributed by atoms with E-state index in [0.29, 0.717) is 19.1 Å². The predicted octanol–water partition coefficient (Wildman–Crippen LogP) is 1.04. The van der Waals surface area contributed by atoms with Crippen LogP contribution in [-0.2, 0) is 16.1 Å². The second-order valence-electron chi connectivity index (χ2n) is 6.10. The zero-order chi connectivity index (χ0) is 16.1. The third-order valence-electron chi connectivity index (χ3n) is 4.25. The molecule has 1 amide bonds. The Bertz CT molecular complexity index is 549. The summed E-state index contributed by atoms with van der Waals surface area (Å²) in [6.45, 7) is 5.05. The van der Waals surface area contributed by atoms with Gasteiger partial charge in [-0.25, -0.2) is 0 Å². The molecule has 1 atom stereocenters. The summed E-state index contributed by atoms with van der Waals surface area (Å²) in [5.41, 5.74) is 1.23. The highest BCUT2D eigenvalue weighted by Gasteiger charge is 2.23. The fourth-order valence-corrected chi connectivity index (χ4v) is 3.11. The molecule has 1 aromatic rings. The van der Waals surface area contributed by atoms with Gasteiger partial charge in [0, 0.05) is 26.7 Å². The number of likely N-dealkylation sites (tertiary alicyclic amines) is 1. The topological polar surface area (TPSA) is 60.0 Å². The number of fused-ring (bicyclic) bond motifs is 1. The van der Waals surface area contributed by atoms with Crippen LogP contribution in [-0.4, -0.2) is 57.4 Å². The number of benzene rings is 1. The van der Waals surface area contributed by atoms with Gasteiger partial charge in [-0.1, -0.05) is 6.07 Å². The van der Waals surface area contributed by atoms with Gasteiger partial charge in [0.05, 0.1) is 0 Å². The molecule has 126 valence electrons. The van der Waals surface area contributed by atoms with Crippen LogP contribution in [0.5, 0.6) is 11.5 Å². The molecule has 1 saturated heterocycles. The van der Waals surface area contributed by atoms with Crippen molar-refractivity contribution < 1.29 is 19.0 Å². The van der Waals surface area contributed by atoms with Crippen LogP contribution in [0.4, 0.5) is 0 Å². The van der Waals surface area contributed by atoms with Crippen LogP contribution < -0.4 is 14.8 Å². The number of rotatable bonds is 6. The average molecular weight is 320 g/mol. The Morgan fingerprint density at radius 2 is 2.17 bits per heavy atom. The molecule has 23 heavy (non-hydrogen) atoms. The molecule has 1 fully saturated rings. The summed E-state index contributed by atoms with van der Waals surface area (Å²) in [6.07, 6.45) is 1.11. The number of amides is 1. The molecule has 2 heterocycles. The first-order valence-corrected chi connectivity index (χ1v) is 8.11. The first kappa shape index (κ1) is 16.1. The summed E-state index contributed by atoms with van der Waals surface area (Å²) in [4.78, 5) is 13.8. The molecule has 0 saturated carbocycles. The average Bonchev–Trinajstić information content (AvgIpc) is 3.01. The van der Waals surface area contributed by atoms with Gasteiger partial charge in [0.15, 0.2) is 11.5 Å². The first-order valence-electron chi connectivity index (χ1n) is 8.11. The van der Waals surface area contributed by atoms with Gasteiger partial charge in [-0.2, -0.15) is 0 Å². The van der Waals surface area contributed by atoms with E-state index in [1.807, 2.05) is 6.07 Å². The quantitative estimate of drug-likeness (QED) is 0.849. The van der Waals surface area contributed by atoms with Crippen molar-refractivity contribution >= 4 is 5.91 Å². The number of carbonyl (C=O) groups excluding carboxylic acids is 1. The third-order valence-corrected chi connectivity index (χ3v) is 4.25. The Morgan fingerprint density at radius 3 is 3.00 bits per heavy atom. The molecule has 0 aliphatic carbocycles. The van der Waals surface area contributed by atoms with Crippen LogP contribution in [0.1, 0.15) is 12.0 Å². The van der Waals surface area contributed by atoms with Gasteiger partial charge < -0.3 is 19.5 Å². The van der Waals surface area contributed by atoms with Gasteiger partial charge in [-0.3, -0.25) is 9.69 Å². The summed E-state index contributed by atoms with van der Waals surface area (Å²) < 4.78 is 16.0. The van der Waals surface area contributed by atoms with Crippen LogP contribution in [0.25, 0.3) is 0 Å². The van der Waals surface area contributed by atoms with E-state index < -0.39 is 0 Å². The van der Waals surface area contributed by atoms with Gasteiger partial charge in [0.1, 0.15) is 19.8 Å². The lowest BCUT2D eigenvalue weighted by molar-refractivity contribution is -0.124. The minimum atomic E-state index is -0.0437. The van der Waals surface area contributed by atoms with Gasteiger partial charge in [0.2, 0.25) is 5.91 Å². The summed E-state index contributed by atoms with van der Waals surface area (Å²) in [7, 11) is 1.53. The summed E-state index contributed by atoms with van der Waals surface area (Å²) >= 11 is 0. The van der Waals surface area contributed by atoms with Gasteiger partial charge >= 0.3 is 0 Å². The minimum absolute atomic E-state index is 0.0437. The number of nitrogens with zero attached hydrogens (tertiary/aromatic N) is 1. The summed E-state index contributed by atoms with van der Waals surface area (Å²) in [5, 5.41) is 2.92. The molecule has 0 radical (unpaired) electrons. The standard InChI is InChI=1S/C17H24N2O4/c1-21-12-17(20)18-9-14-4-5-19(11-14)10-13-2-3-15-16(8-13)23-7-6-22-15/h2-3,8,14H,4-7,9-12H2,1H3,(H,18,20)/t14-/m0/s1. The van der Waals surface area contributed by atoms with Crippen molar-refractivity contribution in [3.05, 3.63) is 23.8 Å². The largest absolute Gasteiger partial charge is 0.486 e. The Kier molecular flexibility index (Phi) is 5.35. The van der Waals surface area contributed by atoms with Crippen LogP contribution >= 0.6 is 0 Å². The Balaban J connectivity index is 1.47. The second-order valence-corrected chi connectivity index (χ2v) is 6.10. The lowest BCUT2D eigenvalue weighted by Crippen LogP contribution is -2.33. The lowest BCUT2D eigenvalue weighted by atomic mass is 10.1. The molecule has 1 N–H and O–H groups in total. The Morgan fingerprint density at radius 1 is 1.35 bits per heavy atom. The molecular weight excluding hydrogens is 296 g/mol. The van der Waals surface area contributed by atoms with Gasteiger partial charge in [0.25, 0.3) is 0 Å². The van der Waals surface area contributed by atoms with E-state index in [1.165, 1.54) is 12.7 Å². The fraction of sp³-hybridized carbons (Fsp3) is 0.588. The number of carbonyl (C=O) groups is 1. The van der Waals surface area contributed by atoms with Crippen molar-refractivity contribution in [2.75, 3.05) is 46.6 Å². The highest BCUT2D eigenvalue weighted by Crippen LogP contribution is 2.31. The number of methoxy groups -OCH3 is 1. The van der Waals surface area contributed by atoms with Crippen LogP contribution in [0, 0.1) is 5.92 Å². The number of hydrogen-bond donors (Lipinski definition) is 1. The predicted molar refractivity (Wildman–Crippen MR) is 85.7 cm³/mol. The molecule has 2 aliphatic heterocycles. The van der Waals surface area contributed by atoms with E-state index in [9.17, 15) is 4.79 Å². The fourth-order valence-electron chi connectivity index (χ4n) is 3.11. The summed E-state index contributed by atoms with van der Waals surface area (Å²) in [6, 6.07) is 6.16. The molecule has 0 unspecified atom stereocenters. The molecule has 0 aromatic heterocycles. The van der Waals surface area contributed by atoms with E-state index in [1.54, 1.807) is 0 Å². The molecular formula is C17H24N2O4. The number of nitrogens with one attached hydrogen (secondary N) is 1. The van der Waals surface area contributed by atoms with Crippen LogP contribution in [0.15, 0.2) is 18.2 Å². The summed E-state index contributed by atoms with van der Waals surface area (Å²) in [5.74, 6) is 2.14. The van der Waals surface area contributed by atoms with Crippen molar-refractivity contribution in [1.29, 1.82) is 0 Å². The van der Waals surface area contributed by atoms with Crippen molar-refractivity contribution in [2.24, 2.45) is 5.92 Å². The Hall–Kier alpha value is -1.79. The van der Waals surface area contributed by atoms with Gasteiger partial charge in [-0.15, -0.1) is 0 Å². The molecule has 3 rings (SSSR count). The van der Waals surface area contributed by atoms with Crippen LogP contribution in [0.2, 0.25) is 0 Å². The zero-order valence-electron chi connectivity index (χ0n) is 13.5. The maximum atomic E-state index is 11.4. The van der Waals surface area contributed by atoms with Crippen molar-refractivity contribution in [2.45, 2.75) is 13.0 Å². The lowest BCUT2D eigenvalue weighted by Gasteiger charge is -2.21. The normalized spacial score (nSPS) is 20.5. The molecule has 0 spiro atoms. The Labute approximate surface area is 136 Å². The molecule has 0 bridgehead atoms. The SMILES string of the molecule is COCC(=O)NC[C@@H]1CCN(Cc2ccc3c(c2)OCCO3)C1. The van der Waals surface area contributed by atoms with E-state index in [2.05, 4.69) is 22.3 Å². The maximum Gasteiger partial charge on any atom is 0.245 e. The first-order chi connectivity index (χ1) is 11.2. The van der Waals surface area contributed by atoms with Gasteiger partial charge in [-0.05, 0) is 36.6 Å². The molecule has 6 heteroatoms. The molecule has 1 aromatic carbocycles. The van der Waals surface area contributed by atoms with E-state index in [-0.39, 0.29) is 12.5 Å². The minimum Gasteiger partial charge on any atom is -0.486 e. The number of ether oxygens (including phenoxy) is 3. The van der Waals surface area contributed by atoms with Crippen molar-refractivity contribution in [3.8, 4) is 11.5 Å². The number of hydrogen-bond acceptors (Lipinski definition) is 5. The molecule has 6 nitrogen and oxygen atoms in total. The van der Waals surface area contributed by atoms with E-state index >= 15 is 0 Å². The second kappa shape index (κ2) is 7.66. The molecule has 2 aliphatic rings. The third kappa shape index (κ3) is 4.36. The monoisotopic (exact) mass is 320 g/mol. The maximum absolute atomic E-state index is 11.4.